The maximum atomic E-state index is 12.2. The van der Waals surface area contributed by atoms with Crippen LogP contribution in [0.5, 0.6) is 0 Å². The standard InChI is InChI=1S/C21H22N4O/c1-3-17-6-4-5-7-18(17)23-20-13-12-19(24-25-20)21(26)22-14-16-10-8-15(2)9-11-16/h4-13H,3,14H2,1-2H3,(H,22,26)(H,23,25). The first-order valence-corrected chi connectivity index (χ1v) is 8.68. The van der Waals surface area contributed by atoms with Crippen molar-refractivity contribution in [1.82, 2.24) is 15.5 Å². The van der Waals surface area contributed by atoms with E-state index in [0.29, 0.717) is 18.1 Å². The van der Waals surface area contributed by atoms with Crippen LogP contribution in [0.4, 0.5) is 11.5 Å². The van der Waals surface area contributed by atoms with Crippen molar-refractivity contribution >= 4 is 17.4 Å². The fraction of sp³-hybridized carbons (Fsp3) is 0.190. The van der Waals surface area contributed by atoms with Gasteiger partial charge in [-0.25, -0.2) is 0 Å². The molecule has 0 aliphatic rings. The average Bonchev–Trinajstić information content (AvgIpc) is 2.68. The summed E-state index contributed by atoms with van der Waals surface area (Å²) in [6.07, 6.45) is 0.927. The summed E-state index contributed by atoms with van der Waals surface area (Å²) in [5, 5.41) is 14.3. The highest BCUT2D eigenvalue weighted by atomic mass is 16.1. The van der Waals surface area contributed by atoms with Crippen LogP contribution in [0.3, 0.4) is 0 Å². The van der Waals surface area contributed by atoms with Gasteiger partial charge < -0.3 is 10.6 Å². The van der Waals surface area contributed by atoms with Crippen LogP contribution in [0.2, 0.25) is 0 Å². The minimum Gasteiger partial charge on any atom is -0.347 e. The number of anilines is 2. The summed E-state index contributed by atoms with van der Waals surface area (Å²) in [4.78, 5) is 12.2. The number of aromatic nitrogens is 2. The molecule has 0 radical (unpaired) electrons. The van der Waals surface area contributed by atoms with Gasteiger partial charge >= 0.3 is 0 Å². The van der Waals surface area contributed by atoms with Crippen LogP contribution < -0.4 is 10.6 Å². The fourth-order valence-corrected chi connectivity index (χ4v) is 2.59. The summed E-state index contributed by atoms with van der Waals surface area (Å²) < 4.78 is 0. The molecule has 1 heterocycles. The second-order valence-electron chi connectivity index (χ2n) is 6.11. The molecule has 0 unspecified atom stereocenters. The lowest BCUT2D eigenvalue weighted by Gasteiger charge is -2.10. The summed E-state index contributed by atoms with van der Waals surface area (Å²) in [6, 6.07) is 19.5. The molecule has 0 saturated carbocycles. The Morgan fingerprint density at radius 3 is 2.42 bits per heavy atom. The van der Waals surface area contributed by atoms with Crippen molar-refractivity contribution in [2.75, 3.05) is 5.32 Å². The first kappa shape index (κ1) is 17.6. The molecule has 2 N–H and O–H groups in total. The third-order valence-electron chi connectivity index (χ3n) is 4.13. The molecular weight excluding hydrogens is 324 g/mol. The predicted molar refractivity (Wildman–Crippen MR) is 103 cm³/mol. The van der Waals surface area contributed by atoms with Crippen molar-refractivity contribution in [3.8, 4) is 0 Å². The molecule has 5 heteroatoms. The summed E-state index contributed by atoms with van der Waals surface area (Å²) >= 11 is 0. The fourth-order valence-electron chi connectivity index (χ4n) is 2.59. The zero-order valence-corrected chi connectivity index (χ0v) is 15.0. The lowest BCUT2D eigenvalue weighted by atomic mass is 10.1. The monoisotopic (exact) mass is 346 g/mol. The van der Waals surface area contributed by atoms with E-state index in [1.54, 1.807) is 12.1 Å². The molecule has 1 amide bonds. The molecule has 0 atom stereocenters. The summed E-state index contributed by atoms with van der Waals surface area (Å²) in [5.41, 5.74) is 4.74. The molecule has 26 heavy (non-hydrogen) atoms. The third kappa shape index (κ3) is 4.45. The Bertz CT molecular complexity index is 873. The molecule has 3 rings (SSSR count). The minimum absolute atomic E-state index is 0.237. The van der Waals surface area contributed by atoms with E-state index in [4.69, 9.17) is 0 Å². The van der Waals surface area contributed by atoms with Gasteiger partial charge in [-0.2, -0.15) is 0 Å². The predicted octanol–water partition coefficient (Wildman–Crippen LogP) is 4.02. The summed E-state index contributed by atoms with van der Waals surface area (Å²) in [6.45, 7) is 4.60. The van der Waals surface area contributed by atoms with Gasteiger partial charge in [0.15, 0.2) is 11.5 Å². The Morgan fingerprint density at radius 2 is 1.73 bits per heavy atom. The number of carbonyl (C=O) groups excluding carboxylic acids is 1. The summed E-state index contributed by atoms with van der Waals surface area (Å²) in [5.74, 6) is 0.375. The Morgan fingerprint density at radius 1 is 0.962 bits per heavy atom. The number of hydrogen-bond acceptors (Lipinski definition) is 4. The maximum absolute atomic E-state index is 12.2. The van der Waals surface area contributed by atoms with Crippen molar-refractivity contribution in [3.63, 3.8) is 0 Å². The molecule has 0 saturated heterocycles. The van der Waals surface area contributed by atoms with Gasteiger partial charge in [-0.05, 0) is 42.7 Å². The van der Waals surface area contributed by atoms with Crippen LogP contribution >= 0.6 is 0 Å². The number of benzene rings is 2. The molecule has 1 aromatic heterocycles. The van der Waals surface area contributed by atoms with E-state index in [0.717, 1.165) is 17.7 Å². The Labute approximate surface area is 153 Å². The number of nitrogens with one attached hydrogen (secondary N) is 2. The van der Waals surface area contributed by atoms with Gasteiger partial charge in [0.2, 0.25) is 0 Å². The summed E-state index contributed by atoms with van der Waals surface area (Å²) in [7, 11) is 0. The van der Waals surface area contributed by atoms with Gasteiger partial charge in [0.1, 0.15) is 0 Å². The van der Waals surface area contributed by atoms with E-state index >= 15 is 0 Å². The molecule has 0 aliphatic carbocycles. The second kappa shape index (κ2) is 8.25. The van der Waals surface area contributed by atoms with E-state index < -0.39 is 0 Å². The number of carbonyl (C=O) groups is 1. The molecule has 0 aliphatic heterocycles. The molecule has 0 bridgehead atoms. The zero-order chi connectivity index (χ0) is 18.4. The molecule has 5 nitrogen and oxygen atoms in total. The van der Waals surface area contributed by atoms with Crippen molar-refractivity contribution in [3.05, 3.63) is 83.0 Å². The largest absolute Gasteiger partial charge is 0.347 e. The van der Waals surface area contributed by atoms with Crippen LogP contribution in [0, 0.1) is 6.92 Å². The highest BCUT2D eigenvalue weighted by Crippen LogP contribution is 2.19. The van der Waals surface area contributed by atoms with E-state index in [9.17, 15) is 4.79 Å². The third-order valence-corrected chi connectivity index (χ3v) is 4.13. The lowest BCUT2D eigenvalue weighted by Crippen LogP contribution is -2.24. The van der Waals surface area contributed by atoms with E-state index in [1.165, 1.54) is 11.1 Å². The first-order chi connectivity index (χ1) is 12.7. The number of hydrogen-bond donors (Lipinski definition) is 2. The van der Waals surface area contributed by atoms with Crippen LogP contribution in [0.15, 0.2) is 60.7 Å². The Kier molecular flexibility index (Phi) is 5.59. The minimum atomic E-state index is -0.237. The Balaban J connectivity index is 1.61. The lowest BCUT2D eigenvalue weighted by molar-refractivity contribution is 0.0945. The molecule has 2 aromatic carbocycles. The van der Waals surface area contributed by atoms with Gasteiger partial charge in [-0.15, -0.1) is 10.2 Å². The van der Waals surface area contributed by atoms with E-state index in [1.807, 2.05) is 49.4 Å². The van der Waals surface area contributed by atoms with Gasteiger partial charge in [0.05, 0.1) is 0 Å². The Hall–Kier alpha value is -3.21. The number of amides is 1. The van der Waals surface area contributed by atoms with Crippen LogP contribution in [-0.2, 0) is 13.0 Å². The first-order valence-electron chi connectivity index (χ1n) is 8.68. The topological polar surface area (TPSA) is 66.9 Å². The molecular formula is C21H22N4O. The molecule has 0 fully saturated rings. The van der Waals surface area contributed by atoms with Crippen LogP contribution in [-0.4, -0.2) is 16.1 Å². The van der Waals surface area contributed by atoms with Crippen molar-refractivity contribution in [2.45, 2.75) is 26.8 Å². The highest BCUT2D eigenvalue weighted by molar-refractivity contribution is 5.92. The number of para-hydroxylation sites is 1. The molecule has 132 valence electrons. The zero-order valence-electron chi connectivity index (χ0n) is 15.0. The van der Waals surface area contributed by atoms with Gasteiger partial charge in [0, 0.05) is 12.2 Å². The van der Waals surface area contributed by atoms with Crippen molar-refractivity contribution in [2.24, 2.45) is 0 Å². The number of rotatable bonds is 6. The highest BCUT2D eigenvalue weighted by Gasteiger charge is 2.09. The van der Waals surface area contributed by atoms with Crippen LogP contribution in [0.1, 0.15) is 34.1 Å². The maximum Gasteiger partial charge on any atom is 0.272 e. The van der Waals surface area contributed by atoms with Crippen LogP contribution in [0.25, 0.3) is 0 Å². The van der Waals surface area contributed by atoms with E-state index in [2.05, 4.69) is 33.8 Å². The van der Waals surface area contributed by atoms with Crippen molar-refractivity contribution < 1.29 is 4.79 Å². The second-order valence-corrected chi connectivity index (χ2v) is 6.11. The van der Waals surface area contributed by atoms with E-state index in [-0.39, 0.29) is 5.91 Å². The van der Waals surface area contributed by atoms with Crippen molar-refractivity contribution in [1.29, 1.82) is 0 Å². The smallest absolute Gasteiger partial charge is 0.272 e. The molecule has 3 aromatic rings. The number of nitrogens with zero attached hydrogens (tertiary/aromatic N) is 2. The normalized spacial score (nSPS) is 10.4. The number of aryl methyl sites for hydroxylation is 2. The van der Waals surface area contributed by atoms with Gasteiger partial charge in [-0.1, -0.05) is 55.0 Å². The van der Waals surface area contributed by atoms with Gasteiger partial charge in [0.25, 0.3) is 5.91 Å². The SMILES string of the molecule is CCc1ccccc1Nc1ccc(C(=O)NCc2ccc(C)cc2)nn1. The quantitative estimate of drug-likeness (QED) is 0.707. The molecule has 0 spiro atoms. The van der Waals surface area contributed by atoms with Gasteiger partial charge in [-0.3, -0.25) is 4.79 Å². The average molecular weight is 346 g/mol.